The molecule has 2 N–H and O–H groups in total. The summed E-state index contributed by atoms with van der Waals surface area (Å²) in [5.41, 5.74) is 0.427. The molecular weight excluding hydrogens is 397 g/mol. The minimum Gasteiger partial charge on any atom is -0.315 e. The van der Waals surface area contributed by atoms with Gasteiger partial charge >= 0.3 is 6.03 Å². The maximum Gasteiger partial charge on any atom is 0.322 e. The molecule has 0 saturated carbocycles. The van der Waals surface area contributed by atoms with Crippen LogP contribution in [0.4, 0.5) is 20.7 Å². The van der Waals surface area contributed by atoms with Crippen molar-refractivity contribution in [3.05, 3.63) is 41.8 Å². The van der Waals surface area contributed by atoms with E-state index in [4.69, 9.17) is 0 Å². The number of urea groups is 1. The predicted molar refractivity (Wildman–Crippen MR) is 122 cm³/mol. The van der Waals surface area contributed by atoms with E-state index in [1.807, 2.05) is 33.8 Å². The third-order valence-corrected chi connectivity index (χ3v) is 4.61. The second-order valence-electron chi connectivity index (χ2n) is 9.63. The molecule has 8 heteroatoms. The number of nitrogens with one attached hydrogen (secondary N) is 2. The van der Waals surface area contributed by atoms with Crippen molar-refractivity contribution in [1.82, 2.24) is 14.7 Å². The van der Waals surface area contributed by atoms with Crippen LogP contribution in [0.15, 0.2) is 30.3 Å². The zero-order valence-electron chi connectivity index (χ0n) is 19.5. The number of para-hydroxylation sites is 1. The summed E-state index contributed by atoms with van der Waals surface area (Å²) in [4.78, 5) is 26.8. The van der Waals surface area contributed by atoms with Crippen LogP contribution < -0.4 is 10.6 Å². The van der Waals surface area contributed by atoms with E-state index in [0.717, 1.165) is 5.69 Å². The van der Waals surface area contributed by atoms with Gasteiger partial charge in [0, 0.05) is 18.0 Å². The van der Waals surface area contributed by atoms with Gasteiger partial charge in [0.25, 0.3) is 0 Å². The molecule has 31 heavy (non-hydrogen) atoms. The second-order valence-corrected chi connectivity index (χ2v) is 9.63. The van der Waals surface area contributed by atoms with Gasteiger partial charge in [-0.1, -0.05) is 39.8 Å². The number of carbonyl (C=O) groups is 2. The number of halogens is 1. The monoisotopic (exact) mass is 431 g/mol. The number of carbonyl (C=O) groups excluding carboxylic acids is 2. The molecule has 2 aromatic rings. The van der Waals surface area contributed by atoms with Crippen molar-refractivity contribution in [3.63, 3.8) is 0 Å². The summed E-state index contributed by atoms with van der Waals surface area (Å²) in [7, 11) is 0. The van der Waals surface area contributed by atoms with Crippen LogP contribution in [0, 0.1) is 5.82 Å². The van der Waals surface area contributed by atoms with E-state index in [1.165, 1.54) is 17.0 Å². The molecule has 0 aliphatic heterocycles. The summed E-state index contributed by atoms with van der Waals surface area (Å²) in [5, 5.41) is 10.1. The van der Waals surface area contributed by atoms with Gasteiger partial charge in [0.05, 0.1) is 16.9 Å². The fourth-order valence-electron chi connectivity index (χ4n) is 2.98. The van der Waals surface area contributed by atoms with Crippen molar-refractivity contribution in [1.29, 1.82) is 0 Å². The molecule has 170 valence electrons. The van der Waals surface area contributed by atoms with Crippen LogP contribution >= 0.6 is 0 Å². The number of nitrogens with zero attached hydrogens (tertiary/aromatic N) is 3. The van der Waals surface area contributed by atoms with E-state index in [1.54, 1.807) is 16.8 Å². The Bertz CT molecular complexity index is 925. The first-order chi connectivity index (χ1) is 14.3. The Labute approximate surface area is 184 Å². The molecule has 0 unspecified atom stereocenters. The van der Waals surface area contributed by atoms with Gasteiger partial charge in [-0.3, -0.25) is 4.79 Å². The van der Waals surface area contributed by atoms with Crippen LogP contribution in [0.3, 0.4) is 0 Å². The standard InChI is InChI=1S/C23H34FN5O2/c1-8-13-28(21(31)25-17-12-10-9-11-16(17)24)15-20(30)26-19-14-18(22(2,3)4)27-29(19)23(5,6)7/h9-12,14H,8,13,15H2,1-7H3,(H,25,31)(H,26,30). The first-order valence-electron chi connectivity index (χ1n) is 10.5. The van der Waals surface area contributed by atoms with Gasteiger partial charge in [0.2, 0.25) is 5.91 Å². The average Bonchev–Trinajstić information content (AvgIpc) is 3.07. The van der Waals surface area contributed by atoms with Crippen molar-refractivity contribution in [2.45, 2.75) is 65.8 Å². The van der Waals surface area contributed by atoms with E-state index in [2.05, 4.69) is 36.5 Å². The topological polar surface area (TPSA) is 79.3 Å². The first-order valence-corrected chi connectivity index (χ1v) is 10.5. The van der Waals surface area contributed by atoms with E-state index in [9.17, 15) is 14.0 Å². The molecule has 0 fully saturated rings. The Hall–Kier alpha value is -2.90. The molecule has 0 spiro atoms. The number of benzene rings is 1. The van der Waals surface area contributed by atoms with Crippen molar-refractivity contribution in [3.8, 4) is 0 Å². The predicted octanol–water partition coefficient (Wildman–Crippen LogP) is 4.96. The number of aromatic nitrogens is 2. The van der Waals surface area contributed by atoms with Crippen LogP contribution in [-0.2, 0) is 15.7 Å². The van der Waals surface area contributed by atoms with Gasteiger partial charge < -0.3 is 15.5 Å². The quantitative estimate of drug-likeness (QED) is 0.679. The van der Waals surface area contributed by atoms with Crippen LogP contribution in [-0.4, -0.2) is 39.7 Å². The Morgan fingerprint density at radius 1 is 1.10 bits per heavy atom. The molecule has 0 atom stereocenters. The highest BCUT2D eigenvalue weighted by atomic mass is 19.1. The second kappa shape index (κ2) is 9.49. The lowest BCUT2D eigenvalue weighted by molar-refractivity contribution is -0.116. The first kappa shape index (κ1) is 24.4. The minimum atomic E-state index is -0.527. The average molecular weight is 432 g/mol. The molecule has 0 bridgehead atoms. The van der Waals surface area contributed by atoms with Crippen LogP contribution in [0.1, 0.15) is 60.6 Å². The van der Waals surface area contributed by atoms with Crippen molar-refractivity contribution >= 4 is 23.4 Å². The van der Waals surface area contributed by atoms with E-state index in [0.29, 0.717) is 18.8 Å². The highest BCUT2D eigenvalue weighted by Gasteiger charge is 2.26. The fourth-order valence-corrected chi connectivity index (χ4v) is 2.98. The Balaban J connectivity index is 2.17. The Morgan fingerprint density at radius 3 is 2.29 bits per heavy atom. The van der Waals surface area contributed by atoms with Gasteiger partial charge in [0.15, 0.2) is 0 Å². The summed E-state index contributed by atoms with van der Waals surface area (Å²) in [6.07, 6.45) is 0.659. The summed E-state index contributed by atoms with van der Waals surface area (Å²) in [6.45, 7) is 14.3. The zero-order valence-corrected chi connectivity index (χ0v) is 19.5. The third-order valence-electron chi connectivity index (χ3n) is 4.61. The van der Waals surface area contributed by atoms with Crippen LogP contribution in [0.2, 0.25) is 0 Å². The summed E-state index contributed by atoms with van der Waals surface area (Å²) in [6, 6.07) is 7.27. The normalized spacial score (nSPS) is 11.9. The van der Waals surface area contributed by atoms with Crippen molar-refractivity contribution in [2.24, 2.45) is 0 Å². The minimum absolute atomic E-state index is 0.0784. The van der Waals surface area contributed by atoms with Crippen molar-refractivity contribution < 1.29 is 14.0 Å². The highest BCUT2D eigenvalue weighted by Crippen LogP contribution is 2.28. The smallest absolute Gasteiger partial charge is 0.315 e. The van der Waals surface area contributed by atoms with Gasteiger partial charge in [-0.25, -0.2) is 13.9 Å². The Morgan fingerprint density at radius 2 is 1.74 bits per heavy atom. The number of hydrogen-bond acceptors (Lipinski definition) is 3. The molecule has 3 amide bonds. The van der Waals surface area contributed by atoms with Gasteiger partial charge in [-0.15, -0.1) is 0 Å². The highest BCUT2D eigenvalue weighted by molar-refractivity contribution is 5.96. The lowest BCUT2D eigenvalue weighted by Gasteiger charge is -2.24. The maximum absolute atomic E-state index is 13.9. The SMILES string of the molecule is CCCN(CC(=O)Nc1cc(C(C)(C)C)nn1C(C)(C)C)C(=O)Nc1ccccc1F. The molecule has 0 saturated heterocycles. The van der Waals surface area contributed by atoms with Crippen LogP contribution in [0.25, 0.3) is 0 Å². The molecule has 7 nitrogen and oxygen atoms in total. The molecule has 1 heterocycles. The molecule has 0 radical (unpaired) electrons. The molecule has 1 aromatic heterocycles. The number of amides is 3. The lowest BCUT2D eigenvalue weighted by atomic mass is 9.92. The van der Waals surface area contributed by atoms with E-state index >= 15 is 0 Å². The number of anilines is 2. The van der Waals surface area contributed by atoms with E-state index in [-0.39, 0.29) is 29.1 Å². The van der Waals surface area contributed by atoms with Gasteiger partial charge in [-0.05, 0) is 39.3 Å². The Kier molecular flexibility index (Phi) is 7.46. The van der Waals surface area contributed by atoms with Crippen LogP contribution in [0.5, 0.6) is 0 Å². The molecule has 2 rings (SSSR count). The maximum atomic E-state index is 13.9. The lowest BCUT2D eigenvalue weighted by Crippen LogP contribution is -2.41. The number of rotatable bonds is 6. The summed E-state index contributed by atoms with van der Waals surface area (Å²) in [5.74, 6) is -0.295. The third kappa shape index (κ3) is 6.54. The van der Waals surface area contributed by atoms with Gasteiger partial charge in [0.1, 0.15) is 18.2 Å². The zero-order chi connectivity index (χ0) is 23.4. The largest absolute Gasteiger partial charge is 0.322 e. The molecule has 1 aromatic carbocycles. The fraction of sp³-hybridized carbons (Fsp3) is 0.522. The summed E-state index contributed by atoms with van der Waals surface area (Å²) >= 11 is 0. The van der Waals surface area contributed by atoms with Gasteiger partial charge in [-0.2, -0.15) is 5.10 Å². The summed E-state index contributed by atoms with van der Waals surface area (Å²) < 4.78 is 15.7. The molecular formula is C23H34FN5O2. The molecule has 0 aliphatic rings. The van der Waals surface area contributed by atoms with Crippen molar-refractivity contribution in [2.75, 3.05) is 23.7 Å². The molecule has 0 aliphatic carbocycles. The van der Waals surface area contributed by atoms with E-state index < -0.39 is 11.8 Å². The number of hydrogen-bond donors (Lipinski definition) is 2.